The molecule has 6 heteroatoms. The highest BCUT2D eigenvalue weighted by Crippen LogP contribution is 2.07. The Bertz CT molecular complexity index is 175. The summed E-state index contributed by atoms with van der Waals surface area (Å²) < 4.78 is 4.79. The number of aliphatic imine (C=N–C) groups is 1. The predicted octanol–water partition coefficient (Wildman–Crippen LogP) is -2.22. The summed E-state index contributed by atoms with van der Waals surface area (Å²) in [7, 11) is 2.75. The van der Waals surface area contributed by atoms with Gasteiger partial charge in [-0.15, -0.1) is 0 Å². The summed E-state index contributed by atoms with van der Waals surface area (Å²) >= 11 is 0. The number of aliphatic hydroxyl groups is 4. The van der Waals surface area contributed by atoms with Crippen molar-refractivity contribution in [1.82, 2.24) is 0 Å². The average Bonchev–Trinajstić information content (AvgIpc) is 2.18. The fraction of sp³-hybridized carbons (Fsp3) is 0.875. The molecule has 0 rings (SSSR count). The standard InChI is InChI=1S/C8H17NO5/c1-9-3-5(11)8(14-2)7(13)6(12)4-10/h3,5-8,10-13H,4H2,1-2H3/t5-,6+,7+,8+/m0/s1. The molecule has 0 heterocycles. The van der Waals surface area contributed by atoms with E-state index >= 15 is 0 Å². The second-order valence-corrected chi connectivity index (χ2v) is 2.84. The van der Waals surface area contributed by atoms with Crippen molar-refractivity contribution < 1.29 is 25.2 Å². The Kier molecular flexibility index (Phi) is 6.60. The van der Waals surface area contributed by atoms with Crippen molar-refractivity contribution in [2.45, 2.75) is 24.4 Å². The lowest BCUT2D eigenvalue weighted by Gasteiger charge is -2.26. The Hall–Kier alpha value is -0.530. The van der Waals surface area contributed by atoms with Gasteiger partial charge >= 0.3 is 0 Å². The van der Waals surface area contributed by atoms with Crippen LogP contribution in [0.1, 0.15) is 0 Å². The van der Waals surface area contributed by atoms with Crippen molar-refractivity contribution in [3.63, 3.8) is 0 Å². The van der Waals surface area contributed by atoms with Crippen LogP contribution in [0.25, 0.3) is 0 Å². The van der Waals surface area contributed by atoms with Gasteiger partial charge in [-0.2, -0.15) is 0 Å². The third-order valence-electron chi connectivity index (χ3n) is 1.83. The SMILES string of the molecule is CN=C[C@H](O)[C@@H](OC)[C@H](O)[C@H](O)CO. The minimum atomic E-state index is -1.36. The Morgan fingerprint density at radius 3 is 2.29 bits per heavy atom. The predicted molar refractivity (Wildman–Crippen MR) is 50.3 cm³/mol. The molecule has 0 saturated carbocycles. The third kappa shape index (κ3) is 3.69. The summed E-state index contributed by atoms with van der Waals surface area (Å²) in [5, 5.41) is 36.5. The van der Waals surface area contributed by atoms with E-state index in [0.717, 1.165) is 0 Å². The van der Waals surface area contributed by atoms with E-state index in [9.17, 15) is 10.2 Å². The van der Waals surface area contributed by atoms with E-state index in [2.05, 4.69) is 4.99 Å². The summed E-state index contributed by atoms with van der Waals surface area (Å²) in [6.07, 6.45) is -3.67. The summed E-state index contributed by atoms with van der Waals surface area (Å²) in [6.45, 7) is -0.600. The van der Waals surface area contributed by atoms with E-state index in [-0.39, 0.29) is 0 Å². The minimum absolute atomic E-state index is 0.600. The lowest BCUT2D eigenvalue weighted by molar-refractivity contribution is -0.114. The molecule has 6 nitrogen and oxygen atoms in total. The normalized spacial score (nSPS) is 20.7. The topological polar surface area (TPSA) is 103 Å². The van der Waals surface area contributed by atoms with Gasteiger partial charge in [-0.3, -0.25) is 4.99 Å². The fourth-order valence-corrected chi connectivity index (χ4v) is 1.05. The zero-order chi connectivity index (χ0) is 11.1. The van der Waals surface area contributed by atoms with E-state index in [4.69, 9.17) is 14.9 Å². The van der Waals surface area contributed by atoms with E-state index in [1.165, 1.54) is 20.4 Å². The minimum Gasteiger partial charge on any atom is -0.394 e. The quantitative estimate of drug-likeness (QED) is 0.369. The highest BCUT2D eigenvalue weighted by atomic mass is 16.5. The number of nitrogens with zero attached hydrogens (tertiary/aromatic N) is 1. The first-order valence-electron chi connectivity index (χ1n) is 4.18. The van der Waals surface area contributed by atoms with Gasteiger partial charge in [0.05, 0.1) is 6.61 Å². The molecule has 0 aliphatic rings. The third-order valence-corrected chi connectivity index (χ3v) is 1.83. The monoisotopic (exact) mass is 207 g/mol. The highest BCUT2D eigenvalue weighted by molar-refractivity contribution is 5.63. The maximum atomic E-state index is 9.42. The number of hydrogen-bond acceptors (Lipinski definition) is 6. The second-order valence-electron chi connectivity index (χ2n) is 2.84. The van der Waals surface area contributed by atoms with Gasteiger partial charge in [-0.05, 0) is 0 Å². The second kappa shape index (κ2) is 6.86. The van der Waals surface area contributed by atoms with Gasteiger partial charge in [-0.25, -0.2) is 0 Å². The molecular weight excluding hydrogens is 190 g/mol. The van der Waals surface area contributed by atoms with Crippen molar-refractivity contribution in [3.05, 3.63) is 0 Å². The number of rotatable bonds is 6. The summed E-state index contributed by atoms with van der Waals surface area (Å²) in [5.74, 6) is 0. The molecule has 0 spiro atoms. The summed E-state index contributed by atoms with van der Waals surface area (Å²) in [5.41, 5.74) is 0. The molecule has 14 heavy (non-hydrogen) atoms. The molecule has 0 radical (unpaired) electrons. The van der Waals surface area contributed by atoms with Gasteiger partial charge in [-0.1, -0.05) is 0 Å². The van der Waals surface area contributed by atoms with Gasteiger partial charge < -0.3 is 25.2 Å². The Morgan fingerprint density at radius 2 is 1.93 bits per heavy atom. The zero-order valence-electron chi connectivity index (χ0n) is 8.24. The van der Waals surface area contributed by atoms with Gasteiger partial charge in [0.15, 0.2) is 0 Å². The first-order valence-corrected chi connectivity index (χ1v) is 4.18. The molecule has 0 aromatic carbocycles. The van der Waals surface area contributed by atoms with E-state index in [1.54, 1.807) is 0 Å². The highest BCUT2D eigenvalue weighted by Gasteiger charge is 2.30. The first-order chi connectivity index (χ1) is 6.58. The van der Waals surface area contributed by atoms with Crippen LogP contribution in [0, 0.1) is 0 Å². The summed E-state index contributed by atoms with van der Waals surface area (Å²) in [6, 6.07) is 0. The summed E-state index contributed by atoms with van der Waals surface area (Å²) in [4.78, 5) is 3.56. The molecule has 4 N–H and O–H groups in total. The van der Waals surface area contributed by atoms with Crippen molar-refractivity contribution >= 4 is 6.21 Å². The average molecular weight is 207 g/mol. The molecule has 0 aliphatic heterocycles. The van der Waals surface area contributed by atoms with Gasteiger partial charge in [0.2, 0.25) is 0 Å². The maximum Gasteiger partial charge on any atom is 0.117 e. The first kappa shape index (κ1) is 13.5. The number of aliphatic hydroxyl groups excluding tert-OH is 4. The van der Waals surface area contributed by atoms with Gasteiger partial charge in [0.25, 0.3) is 0 Å². The molecule has 0 aromatic heterocycles. The maximum absolute atomic E-state index is 9.42. The molecule has 0 amide bonds. The van der Waals surface area contributed by atoms with Crippen molar-refractivity contribution in [3.8, 4) is 0 Å². The lowest BCUT2D eigenvalue weighted by Crippen LogP contribution is -2.47. The van der Waals surface area contributed by atoms with Crippen LogP contribution in [0.4, 0.5) is 0 Å². The van der Waals surface area contributed by atoms with Crippen molar-refractivity contribution in [2.75, 3.05) is 20.8 Å². The largest absolute Gasteiger partial charge is 0.394 e. The van der Waals surface area contributed by atoms with Crippen LogP contribution < -0.4 is 0 Å². The lowest BCUT2D eigenvalue weighted by atomic mass is 10.0. The van der Waals surface area contributed by atoms with Gasteiger partial charge in [0.1, 0.15) is 24.4 Å². The van der Waals surface area contributed by atoms with Crippen LogP contribution in [-0.4, -0.2) is 71.8 Å². The van der Waals surface area contributed by atoms with E-state index in [1.807, 2.05) is 0 Å². The van der Waals surface area contributed by atoms with Crippen LogP contribution in [0.15, 0.2) is 4.99 Å². The zero-order valence-corrected chi connectivity index (χ0v) is 8.24. The van der Waals surface area contributed by atoms with Crippen LogP contribution in [0.2, 0.25) is 0 Å². The van der Waals surface area contributed by atoms with Crippen LogP contribution >= 0.6 is 0 Å². The van der Waals surface area contributed by atoms with Crippen LogP contribution in [0.5, 0.6) is 0 Å². The molecule has 0 fully saturated rings. The van der Waals surface area contributed by atoms with Crippen molar-refractivity contribution in [2.24, 2.45) is 4.99 Å². The molecule has 4 atom stereocenters. The van der Waals surface area contributed by atoms with Crippen molar-refractivity contribution in [1.29, 1.82) is 0 Å². The van der Waals surface area contributed by atoms with Gasteiger partial charge in [0, 0.05) is 20.4 Å². The van der Waals surface area contributed by atoms with E-state index in [0.29, 0.717) is 0 Å². The van der Waals surface area contributed by atoms with Crippen LogP contribution in [-0.2, 0) is 4.74 Å². The molecule has 0 aromatic rings. The fourth-order valence-electron chi connectivity index (χ4n) is 1.05. The smallest absolute Gasteiger partial charge is 0.117 e. The Labute approximate surface area is 82.5 Å². The number of hydrogen-bond donors (Lipinski definition) is 4. The molecular formula is C8H17NO5. The Balaban J connectivity index is 4.38. The molecule has 0 bridgehead atoms. The number of methoxy groups -OCH3 is 1. The van der Waals surface area contributed by atoms with Crippen LogP contribution in [0.3, 0.4) is 0 Å². The molecule has 0 aliphatic carbocycles. The molecule has 0 unspecified atom stereocenters. The number of ether oxygens (including phenoxy) is 1. The molecule has 84 valence electrons. The van der Waals surface area contributed by atoms with E-state index < -0.39 is 31.0 Å². The molecule has 0 saturated heterocycles. The Morgan fingerprint density at radius 1 is 1.36 bits per heavy atom.